The molecule has 0 atom stereocenters. The first kappa shape index (κ1) is 14.0. The Morgan fingerprint density at radius 2 is 2.21 bits per heavy atom. The van der Waals surface area contributed by atoms with Gasteiger partial charge >= 0.3 is 0 Å². The molecule has 106 valence electrons. The van der Waals surface area contributed by atoms with Crippen LogP contribution in [0.1, 0.15) is 18.6 Å². The van der Waals surface area contributed by atoms with Gasteiger partial charge in [-0.15, -0.1) is 0 Å². The van der Waals surface area contributed by atoms with Gasteiger partial charge < -0.3 is 9.73 Å². The summed E-state index contributed by atoms with van der Waals surface area (Å²) in [5.74, 6) is 0.0825. The molecule has 1 aromatic heterocycles. The summed E-state index contributed by atoms with van der Waals surface area (Å²) >= 11 is 0. The zero-order valence-corrected chi connectivity index (χ0v) is 10.6. The Hall–Kier alpha value is -1.43. The molecule has 1 aliphatic heterocycles. The van der Waals surface area contributed by atoms with Crippen molar-refractivity contribution in [3.05, 3.63) is 24.2 Å². The van der Waals surface area contributed by atoms with Crippen molar-refractivity contribution in [2.45, 2.75) is 25.8 Å². The number of piperidine rings is 1. The summed E-state index contributed by atoms with van der Waals surface area (Å²) in [5.41, 5.74) is 0. The van der Waals surface area contributed by atoms with E-state index >= 15 is 0 Å². The molecule has 0 radical (unpaired) electrons. The van der Waals surface area contributed by atoms with Crippen molar-refractivity contribution in [2.75, 3.05) is 19.6 Å². The topological polar surface area (TPSA) is 45.5 Å². The van der Waals surface area contributed by atoms with E-state index in [1.165, 1.54) is 0 Å². The lowest BCUT2D eigenvalue weighted by atomic mass is 9.97. The van der Waals surface area contributed by atoms with Crippen LogP contribution >= 0.6 is 0 Å². The summed E-state index contributed by atoms with van der Waals surface area (Å²) < 4.78 is 30.1. The van der Waals surface area contributed by atoms with Gasteiger partial charge in [-0.1, -0.05) is 0 Å². The summed E-state index contributed by atoms with van der Waals surface area (Å²) in [6.07, 6.45) is 0.234. The number of carbonyl (C=O) groups is 1. The van der Waals surface area contributed by atoms with E-state index in [2.05, 4.69) is 5.32 Å². The first-order valence-electron chi connectivity index (χ1n) is 6.44. The van der Waals surface area contributed by atoms with Crippen LogP contribution in [0.15, 0.2) is 22.8 Å². The molecule has 2 rings (SSSR count). The minimum Gasteiger partial charge on any atom is -0.467 e. The highest BCUT2D eigenvalue weighted by Gasteiger charge is 2.26. The van der Waals surface area contributed by atoms with E-state index in [0.29, 0.717) is 38.2 Å². The highest BCUT2D eigenvalue weighted by atomic mass is 19.3. The van der Waals surface area contributed by atoms with Crippen LogP contribution in [-0.4, -0.2) is 36.9 Å². The average Bonchev–Trinajstić information content (AvgIpc) is 2.90. The minimum atomic E-state index is -2.24. The Morgan fingerprint density at radius 1 is 1.47 bits per heavy atom. The second kappa shape index (κ2) is 6.65. The number of halogens is 2. The number of carbonyl (C=O) groups excluding carboxylic acids is 1. The number of furan rings is 1. The SMILES string of the molecule is O=C(CN1CCC(C(F)F)CC1)NCc1ccco1. The molecule has 1 aliphatic rings. The fourth-order valence-corrected chi connectivity index (χ4v) is 2.22. The van der Waals surface area contributed by atoms with E-state index in [1.54, 1.807) is 18.4 Å². The number of nitrogens with zero attached hydrogens (tertiary/aromatic N) is 1. The quantitative estimate of drug-likeness (QED) is 0.890. The maximum atomic E-state index is 12.5. The Kier molecular flexibility index (Phi) is 4.90. The third kappa shape index (κ3) is 4.31. The molecular formula is C13H18F2N2O2. The van der Waals surface area contributed by atoms with Crippen molar-refractivity contribution in [3.8, 4) is 0 Å². The lowest BCUT2D eigenvalue weighted by molar-refractivity contribution is -0.123. The van der Waals surface area contributed by atoms with Gasteiger partial charge in [0.15, 0.2) is 0 Å². The molecule has 1 saturated heterocycles. The lowest BCUT2D eigenvalue weighted by Crippen LogP contribution is -2.42. The second-order valence-electron chi connectivity index (χ2n) is 4.80. The number of hydrogen-bond donors (Lipinski definition) is 1. The largest absolute Gasteiger partial charge is 0.467 e. The smallest absolute Gasteiger partial charge is 0.241 e. The normalized spacial score (nSPS) is 17.8. The van der Waals surface area contributed by atoms with Crippen molar-refractivity contribution < 1.29 is 18.0 Å². The van der Waals surface area contributed by atoms with Gasteiger partial charge in [0.2, 0.25) is 12.3 Å². The van der Waals surface area contributed by atoms with Crippen LogP contribution in [0, 0.1) is 5.92 Å². The molecule has 1 fully saturated rings. The molecule has 2 heterocycles. The van der Waals surface area contributed by atoms with Gasteiger partial charge in [0.05, 0.1) is 19.4 Å². The highest BCUT2D eigenvalue weighted by Crippen LogP contribution is 2.23. The molecule has 0 unspecified atom stereocenters. The maximum absolute atomic E-state index is 12.5. The molecule has 0 saturated carbocycles. The number of hydrogen-bond acceptors (Lipinski definition) is 3. The van der Waals surface area contributed by atoms with Gasteiger partial charge in [-0.25, -0.2) is 8.78 Å². The summed E-state index contributed by atoms with van der Waals surface area (Å²) in [6, 6.07) is 3.55. The van der Waals surface area contributed by atoms with Crippen LogP contribution in [0.2, 0.25) is 0 Å². The average molecular weight is 272 g/mol. The number of alkyl halides is 2. The third-order valence-corrected chi connectivity index (χ3v) is 3.40. The van der Waals surface area contributed by atoms with Gasteiger partial charge in [0.1, 0.15) is 5.76 Å². The van der Waals surface area contributed by atoms with Crippen LogP contribution in [0.3, 0.4) is 0 Å². The zero-order valence-electron chi connectivity index (χ0n) is 10.6. The molecule has 0 spiro atoms. The third-order valence-electron chi connectivity index (χ3n) is 3.40. The maximum Gasteiger partial charge on any atom is 0.241 e. The molecule has 0 bridgehead atoms. The number of likely N-dealkylation sites (tertiary alicyclic amines) is 1. The van der Waals surface area contributed by atoms with Crippen molar-refractivity contribution >= 4 is 5.91 Å². The van der Waals surface area contributed by atoms with Gasteiger partial charge in [0.25, 0.3) is 0 Å². The van der Waals surface area contributed by atoms with Crippen LogP contribution in [0.4, 0.5) is 8.78 Å². The summed E-state index contributed by atoms with van der Waals surface area (Å²) in [7, 11) is 0. The Labute approximate surface area is 110 Å². The molecular weight excluding hydrogens is 254 g/mol. The fraction of sp³-hybridized carbons (Fsp3) is 0.615. The van der Waals surface area contributed by atoms with E-state index in [-0.39, 0.29) is 12.5 Å². The van der Waals surface area contributed by atoms with Crippen LogP contribution in [-0.2, 0) is 11.3 Å². The summed E-state index contributed by atoms with van der Waals surface area (Å²) in [4.78, 5) is 13.6. The second-order valence-corrected chi connectivity index (χ2v) is 4.80. The number of amides is 1. The molecule has 6 heteroatoms. The molecule has 1 N–H and O–H groups in total. The Bertz CT molecular complexity index is 387. The first-order valence-corrected chi connectivity index (χ1v) is 6.44. The standard InChI is InChI=1S/C13H18F2N2O2/c14-13(15)10-3-5-17(6-4-10)9-12(18)16-8-11-2-1-7-19-11/h1-2,7,10,13H,3-6,8-9H2,(H,16,18). The summed E-state index contributed by atoms with van der Waals surface area (Å²) in [6.45, 7) is 1.74. The van der Waals surface area contributed by atoms with Gasteiger partial charge in [-0.3, -0.25) is 9.69 Å². The van der Waals surface area contributed by atoms with E-state index < -0.39 is 12.3 Å². The predicted octanol–water partition coefficient (Wildman–Crippen LogP) is 1.87. The molecule has 4 nitrogen and oxygen atoms in total. The molecule has 1 aromatic rings. The van der Waals surface area contributed by atoms with E-state index in [1.807, 2.05) is 4.90 Å². The van der Waals surface area contributed by atoms with Crippen LogP contribution in [0.5, 0.6) is 0 Å². The molecule has 1 amide bonds. The van der Waals surface area contributed by atoms with Crippen molar-refractivity contribution in [3.63, 3.8) is 0 Å². The van der Waals surface area contributed by atoms with E-state index in [9.17, 15) is 13.6 Å². The van der Waals surface area contributed by atoms with Crippen LogP contribution in [0.25, 0.3) is 0 Å². The van der Waals surface area contributed by atoms with Crippen molar-refractivity contribution in [2.24, 2.45) is 5.92 Å². The monoisotopic (exact) mass is 272 g/mol. The van der Waals surface area contributed by atoms with Gasteiger partial charge in [0, 0.05) is 5.92 Å². The van der Waals surface area contributed by atoms with Gasteiger partial charge in [-0.2, -0.15) is 0 Å². The minimum absolute atomic E-state index is 0.105. The molecule has 0 aromatic carbocycles. The molecule has 0 aliphatic carbocycles. The predicted molar refractivity (Wildman–Crippen MR) is 65.7 cm³/mol. The van der Waals surface area contributed by atoms with E-state index in [4.69, 9.17) is 4.42 Å². The number of nitrogens with one attached hydrogen (secondary N) is 1. The highest BCUT2D eigenvalue weighted by molar-refractivity contribution is 5.77. The molecule has 19 heavy (non-hydrogen) atoms. The summed E-state index contributed by atoms with van der Waals surface area (Å²) in [5, 5.41) is 2.74. The lowest BCUT2D eigenvalue weighted by Gasteiger charge is -2.30. The number of rotatable bonds is 5. The van der Waals surface area contributed by atoms with Crippen molar-refractivity contribution in [1.82, 2.24) is 10.2 Å². The fourth-order valence-electron chi connectivity index (χ4n) is 2.22. The van der Waals surface area contributed by atoms with Crippen molar-refractivity contribution in [1.29, 1.82) is 0 Å². The van der Waals surface area contributed by atoms with Crippen LogP contribution < -0.4 is 5.32 Å². The Balaban J connectivity index is 1.66. The zero-order chi connectivity index (χ0) is 13.7. The van der Waals surface area contributed by atoms with Gasteiger partial charge in [-0.05, 0) is 38.1 Å². The Morgan fingerprint density at radius 3 is 2.79 bits per heavy atom. The first-order chi connectivity index (χ1) is 9.15. The van der Waals surface area contributed by atoms with E-state index in [0.717, 1.165) is 0 Å².